The van der Waals surface area contributed by atoms with Crippen LogP contribution in [0, 0.1) is 6.92 Å². The molecule has 0 saturated heterocycles. The van der Waals surface area contributed by atoms with Crippen molar-refractivity contribution in [1.29, 1.82) is 0 Å². The third-order valence-corrected chi connectivity index (χ3v) is 4.16. The first-order valence-electron chi connectivity index (χ1n) is 7.90. The van der Waals surface area contributed by atoms with Gasteiger partial charge in [0.25, 0.3) is 0 Å². The van der Waals surface area contributed by atoms with E-state index in [9.17, 15) is 4.79 Å². The van der Waals surface area contributed by atoms with Gasteiger partial charge in [-0.15, -0.1) is 11.3 Å². The lowest BCUT2D eigenvalue weighted by Gasteiger charge is -2.10. The van der Waals surface area contributed by atoms with Crippen LogP contribution in [0.25, 0.3) is 0 Å². The maximum atomic E-state index is 11.1. The van der Waals surface area contributed by atoms with Gasteiger partial charge in [-0.2, -0.15) is 0 Å². The Hall–Kier alpha value is -2.41. The highest BCUT2D eigenvalue weighted by molar-refractivity contribution is 7.09. The number of primary amides is 1. The number of hydrogen-bond donors (Lipinski definition) is 3. The van der Waals surface area contributed by atoms with E-state index in [2.05, 4.69) is 26.0 Å². The molecule has 2 rings (SSSR count). The van der Waals surface area contributed by atoms with Crippen LogP contribution in [-0.4, -0.2) is 29.9 Å². The predicted molar refractivity (Wildman–Crippen MR) is 98.3 cm³/mol. The van der Waals surface area contributed by atoms with Crippen LogP contribution in [-0.2, 0) is 13.0 Å². The minimum atomic E-state index is -0.419. The third-order valence-electron chi connectivity index (χ3n) is 3.34. The Kier molecular flexibility index (Phi) is 6.74. The Morgan fingerprint density at radius 3 is 2.62 bits per heavy atom. The van der Waals surface area contributed by atoms with Crippen molar-refractivity contribution in [2.24, 2.45) is 10.7 Å². The Bertz CT molecular complexity index is 693. The molecule has 0 spiro atoms. The molecule has 0 bridgehead atoms. The number of amides is 1. The number of benzene rings is 1. The molecule has 24 heavy (non-hydrogen) atoms. The summed E-state index contributed by atoms with van der Waals surface area (Å²) in [5.74, 6) is 0.348. The van der Waals surface area contributed by atoms with E-state index in [-0.39, 0.29) is 0 Å². The van der Waals surface area contributed by atoms with E-state index in [0.29, 0.717) is 12.1 Å². The second kappa shape index (κ2) is 9.02. The van der Waals surface area contributed by atoms with Crippen LogP contribution < -0.4 is 16.4 Å². The van der Waals surface area contributed by atoms with Crippen molar-refractivity contribution < 1.29 is 4.79 Å². The average molecular weight is 345 g/mol. The van der Waals surface area contributed by atoms with E-state index in [4.69, 9.17) is 5.73 Å². The molecule has 0 aliphatic carbocycles. The van der Waals surface area contributed by atoms with E-state index >= 15 is 0 Å². The summed E-state index contributed by atoms with van der Waals surface area (Å²) in [5, 5.41) is 9.70. The molecule has 0 unspecified atom stereocenters. The number of nitrogens with zero attached hydrogens (tertiary/aromatic N) is 2. The summed E-state index contributed by atoms with van der Waals surface area (Å²) in [5.41, 5.74) is 7.87. The number of aryl methyl sites for hydroxylation is 1. The molecule has 1 heterocycles. The Labute approximate surface area is 146 Å². The van der Waals surface area contributed by atoms with E-state index in [0.717, 1.165) is 41.7 Å². The van der Waals surface area contributed by atoms with Crippen molar-refractivity contribution in [3.8, 4) is 0 Å². The smallest absolute Gasteiger partial charge is 0.248 e. The highest BCUT2D eigenvalue weighted by Crippen LogP contribution is 2.08. The maximum absolute atomic E-state index is 11.1. The molecule has 0 aliphatic heterocycles. The Morgan fingerprint density at radius 1 is 1.29 bits per heavy atom. The van der Waals surface area contributed by atoms with Gasteiger partial charge in [0.2, 0.25) is 5.91 Å². The van der Waals surface area contributed by atoms with Crippen LogP contribution >= 0.6 is 11.3 Å². The number of carbonyl (C=O) groups is 1. The number of guanidine groups is 1. The zero-order valence-corrected chi connectivity index (χ0v) is 14.8. The topological polar surface area (TPSA) is 92.4 Å². The zero-order chi connectivity index (χ0) is 17.4. The summed E-state index contributed by atoms with van der Waals surface area (Å²) in [6.45, 7) is 6.14. The van der Waals surface area contributed by atoms with Crippen molar-refractivity contribution in [1.82, 2.24) is 15.6 Å². The molecule has 0 aliphatic rings. The van der Waals surface area contributed by atoms with Gasteiger partial charge in [-0.05, 0) is 31.5 Å². The Balaban J connectivity index is 1.88. The van der Waals surface area contributed by atoms with Crippen LogP contribution in [0.4, 0.5) is 0 Å². The van der Waals surface area contributed by atoms with Crippen molar-refractivity contribution in [3.05, 3.63) is 51.5 Å². The Morgan fingerprint density at radius 2 is 2.04 bits per heavy atom. The molecule has 4 N–H and O–H groups in total. The fraction of sp³-hybridized carbons (Fsp3) is 0.353. The predicted octanol–water partition coefficient (Wildman–Crippen LogP) is 1.85. The molecule has 128 valence electrons. The minimum absolute atomic E-state index is 0.419. The lowest BCUT2D eigenvalue weighted by Crippen LogP contribution is -2.38. The first-order valence-corrected chi connectivity index (χ1v) is 8.78. The van der Waals surface area contributed by atoms with Crippen molar-refractivity contribution in [2.45, 2.75) is 26.8 Å². The number of rotatable bonds is 7. The molecular weight excluding hydrogens is 322 g/mol. The number of aromatic nitrogens is 1. The molecule has 0 radical (unpaired) electrons. The second-order valence-electron chi connectivity index (χ2n) is 5.29. The summed E-state index contributed by atoms with van der Waals surface area (Å²) in [4.78, 5) is 20.1. The van der Waals surface area contributed by atoms with Gasteiger partial charge in [-0.1, -0.05) is 12.1 Å². The van der Waals surface area contributed by atoms with Crippen LogP contribution in [0.2, 0.25) is 0 Å². The molecule has 0 saturated carbocycles. The highest BCUT2D eigenvalue weighted by Gasteiger charge is 2.02. The fourth-order valence-corrected chi connectivity index (χ4v) is 2.77. The standard InChI is InChI=1S/C17H23N5OS/c1-3-19-17(20-9-8-15-11-24-12(2)22-15)21-10-13-4-6-14(7-5-13)16(18)23/h4-7,11H,3,8-10H2,1-2H3,(H2,18,23)(H2,19,20,21). The van der Waals surface area contributed by atoms with Crippen molar-refractivity contribution in [2.75, 3.05) is 13.1 Å². The van der Waals surface area contributed by atoms with Crippen LogP contribution in [0.5, 0.6) is 0 Å². The fourth-order valence-electron chi connectivity index (χ4n) is 2.12. The molecule has 1 aromatic heterocycles. The summed E-state index contributed by atoms with van der Waals surface area (Å²) in [6, 6.07) is 7.17. The number of thiazole rings is 1. The summed E-state index contributed by atoms with van der Waals surface area (Å²) < 4.78 is 0. The monoisotopic (exact) mass is 345 g/mol. The van der Waals surface area contributed by atoms with Crippen LogP contribution in [0.3, 0.4) is 0 Å². The summed E-state index contributed by atoms with van der Waals surface area (Å²) in [6.07, 6.45) is 0.863. The van der Waals surface area contributed by atoms with Gasteiger partial charge < -0.3 is 16.4 Å². The summed E-state index contributed by atoms with van der Waals surface area (Å²) >= 11 is 1.67. The molecule has 1 amide bonds. The van der Waals surface area contributed by atoms with E-state index in [1.54, 1.807) is 23.5 Å². The van der Waals surface area contributed by atoms with Gasteiger partial charge in [0, 0.05) is 30.5 Å². The van der Waals surface area contributed by atoms with Gasteiger partial charge >= 0.3 is 0 Å². The number of hydrogen-bond acceptors (Lipinski definition) is 4. The van der Waals surface area contributed by atoms with Gasteiger partial charge in [-0.3, -0.25) is 4.79 Å². The minimum Gasteiger partial charge on any atom is -0.366 e. The number of nitrogens with two attached hydrogens (primary N) is 1. The average Bonchev–Trinajstić information content (AvgIpc) is 2.98. The van der Waals surface area contributed by atoms with Gasteiger partial charge in [-0.25, -0.2) is 9.98 Å². The van der Waals surface area contributed by atoms with E-state index in [1.165, 1.54) is 0 Å². The lowest BCUT2D eigenvalue weighted by molar-refractivity contribution is 0.100. The quantitative estimate of drug-likeness (QED) is 0.527. The highest BCUT2D eigenvalue weighted by atomic mass is 32.1. The van der Waals surface area contributed by atoms with Crippen molar-refractivity contribution in [3.63, 3.8) is 0 Å². The van der Waals surface area contributed by atoms with Gasteiger partial charge in [0.1, 0.15) is 0 Å². The SMILES string of the molecule is CCNC(=NCc1ccc(C(N)=O)cc1)NCCc1csc(C)n1. The molecule has 1 aromatic carbocycles. The van der Waals surface area contributed by atoms with Crippen LogP contribution in [0.1, 0.15) is 33.5 Å². The third kappa shape index (κ3) is 5.66. The van der Waals surface area contributed by atoms with Gasteiger partial charge in [0.05, 0.1) is 17.2 Å². The molecule has 2 aromatic rings. The van der Waals surface area contributed by atoms with E-state index in [1.807, 2.05) is 26.0 Å². The zero-order valence-electron chi connectivity index (χ0n) is 14.0. The molecule has 0 atom stereocenters. The molecular formula is C17H23N5OS. The second-order valence-corrected chi connectivity index (χ2v) is 6.35. The largest absolute Gasteiger partial charge is 0.366 e. The number of aliphatic imine (C=N–C) groups is 1. The van der Waals surface area contributed by atoms with Crippen molar-refractivity contribution >= 4 is 23.2 Å². The lowest BCUT2D eigenvalue weighted by atomic mass is 10.1. The number of carbonyl (C=O) groups excluding carboxylic acids is 1. The van der Waals surface area contributed by atoms with E-state index < -0.39 is 5.91 Å². The summed E-state index contributed by atoms with van der Waals surface area (Å²) in [7, 11) is 0. The molecule has 7 heteroatoms. The molecule has 6 nitrogen and oxygen atoms in total. The maximum Gasteiger partial charge on any atom is 0.248 e. The first-order chi connectivity index (χ1) is 11.6. The van der Waals surface area contributed by atoms with Crippen LogP contribution in [0.15, 0.2) is 34.6 Å². The molecule has 0 fully saturated rings. The normalized spacial score (nSPS) is 11.3. The first kappa shape index (κ1) is 17.9. The van der Waals surface area contributed by atoms with Gasteiger partial charge in [0.15, 0.2) is 5.96 Å². The number of nitrogens with one attached hydrogen (secondary N) is 2.